The van der Waals surface area contributed by atoms with E-state index in [4.69, 9.17) is 8.83 Å². The SMILES string of the molecule is Cc1oc(-c2cccs2)nc1CC(=O)N(C)C(C)c1cc2ccccc2o1. The molecule has 4 aromatic rings. The van der Waals surface area contributed by atoms with Crippen LogP contribution in [0.1, 0.15) is 30.2 Å². The molecular formula is C21H20N2O3S. The Morgan fingerprint density at radius 2 is 2.04 bits per heavy atom. The summed E-state index contributed by atoms with van der Waals surface area (Å²) in [4.78, 5) is 20.0. The van der Waals surface area contributed by atoms with E-state index >= 15 is 0 Å². The lowest BCUT2D eigenvalue weighted by molar-refractivity contribution is -0.131. The van der Waals surface area contributed by atoms with E-state index in [1.165, 1.54) is 0 Å². The van der Waals surface area contributed by atoms with Gasteiger partial charge in [0.1, 0.15) is 17.1 Å². The second-order valence-electron chi connectivity index (χ2n) is 6.54. The van der Waals surface area contributed by atoms with E-state index in [-0.39, 0.29) is 18.4 Å². The molecule has 27 heavy (non-hydrogen) atoms. The Bertz CT molecular complexity index is 1050. The van der Waals surface area contributed by atoms with Crippen molar-refractivity contribution in [1.29, 1.82) is 0 Å². The molecule has 6 heteroatoms. The molecule has 0 N–H and O–H groups in total. The third-order valence-electron chi connectivity index (χ3n) is 4.77. The Morgan fingerprint density at radius 3 is 2.78 bits per heavy atom. The molecule has 138 valence electrons. The fraction of sp³-hybridized carbons (Fsp3) is 0.238. The minimum absolute atomic E-state index is 0.0305. The van der Waals surface area contributed by atoms with Gasteiger partial charge in [-0.1, -0.05) is 24.3 Å². The minimum Gasteiger partial charge on any atom is -0.459 e. The number of carbonyl (C=O) groups excluding carboxylic acids is 1. The van der Waals surface area contributed by atoms with Gasteiger partial charge in [-0.3, -0.25) is 4.79 Å². The normalized spacial score (nSPS) is 12.4. The van der Waals surface area contributed by atoms with Crippen molar-refractivity contribution < 1.29 is 13.6 Å². The van der Waals surface area contributed by atoms with Gasteiger partial charge >= 0.3 is 0 Å². The van der Waals surface area contributed by atoms with Crippen molar-refractivity contribution in [3.63, 3.8) is 0 Å². The monoisotopic (exact) mass is 380 g/mol. The van der Waals surface area contributed by atoms with E-state index < -0.39 is 0 Å². The number of carbonyl (C=O) groups is 1. The van der Waals surface area contributed by atoms with Crippen LogP contribution in [-0.2, 0) is 11.2 Å². The summed E-state index contributed by atoms with van der Waals surface area (Å²) in [5.41, 5.74) is 1.50. The van der Waals surface area contributed by atoms with E-state index in [1.54, 1.807) is 23.3 Å². The minimum atomic E-state index is -0.172. The van der Waals surface area contributed by atoms with Crippen LogP contribution in [0.25, 0.3) is 21.7 Å². The summed E-state index contributed by atoms with van der Waals surface area (Å²) in [6.45, 7) is 3.80. The highest BCUT2D eigenvalue weighted by atomic mass is 32.1. The number of para-hydroxylation sites is 1. The smallest absolute Gasteiger partial charge is 0.236 e. The Hall–Kier alpha value is -2.86. The number of hydrogen-bond acceptors (Lipinski definition) is 5. The molecule has 0 aliphatic rings. The number of amides is 1. The number of fused-ring (bicyclic) bond motifs is 1. The molecule has 0 saturated carbocycles. The topological polar surface area (TPSA) is 59.5 Å². The molecule has 0 spiro atoms. The van der Waals surface area contributed by atoms with Crippen LogP contribution in [0, 0.1) is 6.92 Å². The van der Waals surface area contributed by atoms with Crippen LogP contribution in [0.4, 0.5) is 0 Å². The zero-order valence-electron chi connectivity index (χ0n) is 15.4. The summed E-state index contributed by atoms with van der Waals surface area (Å²) in [7, 11) is 1.79. The van der Waals surface area contributed by atoms with Crippen LogP contribution in [0.15, 0.2) is 56.7 Å². The lowest BCUT2D eigenvalue weighted by Crippen LogP contribution is -2.31. The largest absolute Gasteiger partial charge is 0.459 e. The number of rotatable bonds is 5. The van der Waals surface area contributed by atoms with Gasteiger partial charge in [0.25, 0.3) is 0 Å². The second-order valence-corrected chi connectivity index (χ2v) is 7.49. The molecule has 1 atom stereocenters. The Balaban J connectivity index is 1.50. The Labute approximate surface area is 161 Å². The number of oxazole rings is 1. The summed E-state index contributed by atoms with van der Waals surface area (Å²) >= 11 is 1.56. The van der Waals surface area contributed by atoms with Gasteiger partial charge in [0.2, 0.25) is 11.8 Å². The molecule has 1 amide bonds. The van der Waals surface area contributed by atoms with Crippen molar-refractivity contribution in [3.8, 4) is 10.8 Å². The first kappa shape index (κ1) is 17.5. The molecule has 0 saturated heterocycles. The summed E-state index contributed by atoms with van der Waals surface area (Å²) in [5.74, 6) is 1.98. The maximum Gasteiger partial charge on any atom is 0.236 e. The standard InChI is InChI=1S/C21H20N2O3S/c1-13(18-11-15-7-4-5-8-17(15)26-18)23(3)20(24)12-16-14(2)25-21(22-16)19-9-6-10-27-19/h4-11,13H,12H2,1-3H3. The first-order valence-corrected chi connectivity index (χ1v) is 9.65. The predicted octanol–water partition coefficient (Wildman–Crippen LogP) is 5.22. The van der Waals surface area contributed by atoms with Crippen LogP contribution in [0.2, 0.25) is 0 Å². The van der Waals surface area contributed by atoms with Crippen molar-refractivity contribution >= 4 is 28.2 Å². The van der Waals surface area contributed by atoms with E-state index in [1.807, 2.05) is 61.7 Å². The average molecular weight is 380 g/mol. The van der Waals surface area contributed by atoms with Gasteiger partial charge in [-0.2, -0.15) is 0 Å². The number of aromatic nitrogens is 1. The van der Waals surface area contributed by atoms with Crippen LogP contribution in [-0.4, -0.2) is 22.8 Å². The van der Waals surface area contributed by atoms with E-state index in [0.29, 0.717) is 17.3 Å². The van der Waals surface area contributed by atoms with Crippen molar-refractivity contribution in [2.45, 2.75) is 26.3 Å². The van der Waals surface area contributed by atoms with Gasteiger partial charge in [-0.15, -0.1) is 11.3 Å². The van der Waals surface area contributed by atoms with Gasteiger partial charge in [-0.05, 0) is 37.4 Å². The summed E-state index contributed by atoms with van der Waals surface area (Å²) in [5, 5.41) is 3.01. The fourth-order valence-electron chi connectivity index (χ4n) is 2.98. The average Bonchev–Trinajstić information content (AvgIpc) is 3.40. The fourth-order valence-corrected chi connectivity index (χ4v) is 3.63. The lowest BCUT2D eigenvalue weighted by Gasteiger charge is -2.23. The zero-order valence-corrected chi connectivity index (χ0v) is 16.2. The number of benzene rings is 1. The maximum atomic E-state index is 12.8. The van der Waals surface area contributed by atoms with Crippen LogP contribution >= 0.6 is 11.3 Å². The third-order valence-corrected chi connectivity index (χ3v) is 5.63. The van der Waals surface area contributed by atoms with Gasteiger partial charge in [0, 0.05) is 12.4 Å². The molecule has 0 aliphatic carbocycles. The van der Waals surface area contributed by atoms with E-state index in [9.17, 15) is 4.79 Å². The second kappa shape index (κ2) is 7.04. The van der Waals surface area contributed by atoms with Crippen LogP contribution < -0.4 is 0 Å². The number of likely N-dealkylation sites (N-methyl/N-ethyl adjacent to an activating group) is 1. The zero-order chi connectivity index (χ0) is 19.0. The van der Waals surface area contributed by atoms with Gasteiger partial charge < -0.3 is 13.7 Å². The highest BCUT2D eigenvalue weighted by molar-refractivity contribution is 7.13. The molecule has 0 aliphatic heterocycles. The lowest BCUT2D eigenvalue weighted by atomic mass is 10.1. The molecule has 4 rings (SSSR count). The summed E-state index contributed by atoms with van der Waals surface area (Å²) in [6.07, 6.45) is 0.196. The van der Waals surface area contributed by atoms with Gasteiger partial charge in [0.05, 0.1) is 23.0 Å². The predicted molar refractivity (Wildman–Crippen MR) is 106 cm³/mol. The van der Waals surface area contributed by atoms with E-state index in [0.717, 1.165) is 21.6 Å². The first-order chi connectivity index (χ1) is 13.0. The molecular weight excluding hydrogens is 360 g/mol. The highest BCUT2D eigenvalue weighted by Gasteiger charge is 2.23. The van der Waals surface area contributed by atoms with Crippen molar-refractivity contribution in [2.24, 2.45) is 0 Å². The number of hydrogen-bond donors (Lipinski definition) is 0. The Kier molecular flexibility index (Phi) is 4.58. The van der Waals surface area contributed by atoms with Crippen LogP contribution in [0.5, 0.6) is 0 Å². The molecule has 1 aromatic carbocycles. The Morgan fingerprint density at radius 1 is 1.22 bits per heavy atom. The molecule has 0 radical (unpaired) electrons. The highest BCUT2D eigenvalue weighted by Crippen LogP contribution is 2.28. The maximum absolute atomic E-state index is 12.8. The number of nitrogens with zero attached hydrogens (tertiary/aromatic N) is 2. The van der Waals surface area contributed by atoms with Gasteiger partial charge in [-0.25, -0.2) is 4.98 Å². The number of furan rings is 1. The molecule has 5 nitrogen and oxygen atoms in total. The number of aryl methyl sites for hydroxylation is 1. The molecule has 3 heterocycles. The van der Waals surface area contributed by atoms with Crippen LogP contribution in [0.3, 0.4) is 0 Å². The number of thiophene rings is 1. The molecule has 3 aromatic heterocycles. The van der Waals surface area contributed by atoms with Crippen molar-refractivity contribution in [2.75, 3.05) is 7.05 Å². The molecule has 0 fully saturated rings. The quantitative estimate of drug-likeness (QED) is 0.476. The van der Waals surface area contributed by atoms with Gasteiger partial charge in [0.15, 0.2) is 0 Å². The van der Waals surface area contributed by atoms with Crippen molar-refractivity contribution in [1.82, 2.24) is 9.88 Å². The third kappa shape index (κ3) is 3.40. The summed E-state index contributed by atoms with van der Waals surface area (Å²) < 4.78 is 11.6. The molecule has 1 unspecified atom stereocenters. The summed E-state index contributed by atoms with van der Waals surface area (Å²) in [6, 6.07) is 13.6. The van der Waals surface area contributed by atoms with E-state index in [2.05, 4.69) is 4.98 Å². The molecule has 0 bridgehead atoms. The van der Waals surface area contributed by atoms with Crippen molar-refractivity contribution in [3.05, 3.63) is 65.1 Å². The first-order valence-electron chi connectivity index (χ1n) is 8.77.